The quantitative estimate of drug-likeness (QED) is 0.355. The summed E-state index contributed by atoms with van der Waals surface area (Å²) < 4.78 is 4.64. The van der Waals surface area contributed by atoms with Gasteiger partial charge in [-0.1, -0.05) is 23.2 Å². The Kier molecular flexibility index (Phi) is 0.804. The third-order valence-corrected chi connectivity index (χ3v) is 1.59. The Morgan fingerprint density at radius 3 is 2.00 bits per heavy atom. The summed E-state index contributed by atoms with van der Waals surface area (Å²) >= 11 is 10.8. The predicted molar refractivity (Wildman–Crippen MR) is 25.0 cm³/mol. The van der Waals surface area contributed by atoms with Gasteiger partial charge in [0.25, 0.3) is 0 Å². The van der Waals surface area contributed by atoms with E-state index in [2.05, 4.69) is 4.74 Å². The monoisotopic (exact) mass is 126 g/mol. The van der Waals surface area contributed by atoms with Gasteiger partial charge in [-0.2, -0.15) is 0 Å². The molecule has 0 aromatic heterocycles. The van der Waals surface area contributed by atoms with Gasteiger partial charge in [0, 0.05) is 0 Å². The number of rotatable bonds is 0. The van der Waals surface area contributed by atoms with Gasteiger partial charge in [0.05, 0.1) is 0 Å². The first-order valence-corrected chi connectivity index (χ1v) is 2.45. The zero-order chi connectivity index (χ0) is 4.78. The van der Waals surface area contributed by atoms with E-state index in [4.69, 9.17) is 23.2 Å². The third-order valence-electron chi connectivity index (χ3n) is 0.682. The van der Waals surface area contributed by atoms with E-state index in [9.17, 15) is 0 Å². The van der Waals surface area contributed by atoms with E-state index in [0.717, 1.165) is 0 Å². The molecule has 1 aliphatic heterocycles. The van der Waals surface area contributed by atoms with Crippen molar-refractivity contribution < 1.29 is 4.74 Å². The van der Waals surface area contributed by atoms with Crippen LogP contribution in [0.25, 0.3) is 0 Å². The van der Waals surface area contributed by atoms with Crippen LogP contribution in [-0.4, -0.2) is 10.6 Å². The minimum Gasteiger partial charge on any atom is -0.333 e. The number of hydrogen-bond acceptors (Lipinski definition) is 1. The van der Waals surface area contributed by atoms with Crippen molar-refractivity contribution in [1.82, 2.24) is 0 Å². The maximum absolute atomic E-state index is 5.44. The van der Waals surface area contributed by atoms with Crippen molar-refractivity contribution in [3.8, 4) is 0 Å². The van der Waals surface area contributed by atoms with Crippen LogP contribution in [0.3, 0.4) is 0 Å². The molecular weight excluding hydrogens is 123 g/mol. The Morgan fingerprint density at radius 2 is 2.00 bits per heavy atom. The highest BCUT2D eigenvalue weighted by atomic mass is 35.5. The maximum Gasteiger partial charge on any atom is 0.181 e. The van der Waals surface area contributed by atoms with E-state index in [1.165, 1.54) is 0 Å². The lowest BCUT2D eigenvalue weighted by Gasteiger charge is -1.79. The van der Waals surface area contributed by atoms with Crippen molar-refractivity contribution in [2.45, 2.75) is 17.5 Å². The average molecular weight is 127 g/mol. The first-order valence-electron chi connectivity index (χ1n) is 1.64. The molecular formula is C3H4Cl2O. The molecule has 0 unspecified atom stereocenters. The van der Waals surface area contributed by atoms with Crippen molar-refractivity contribution >= 4 is 23.2 Å². The largest absolute Gasteiger partial charge is 0.333 e. The molecule has 0 aromatic rings. The van der Waals surface area contributed by atoms with Crippen molar-refractivity contribution in [2.75, 3.05) is 0 Å². The molecule has 0 aromatic carbocycles. The predicted octanol–water partition coefficient (Wildman–Crippen LogP) is 1.54. The van der Waals surface area contributed by atoms with E-state index >= 15 is 0 Å². The van der Waals surface area contributed by atoms with Crippen LogP contribution in [0.5, 0.6) is 0 Å². The second-order valence-electron chi connectivity index (χ2n) is 1.42. The fraction of sp³-hybridized carbons (Fsp3) is 1.00. The fourth-order valence-corrected chi connectivity index (χ4v) is 0.488. The summed E-state index contributed by atoms with van der Waals surface area (Å²) in [5.74, 6) is 0. The first kappa shape index (κ1) is 4.69. The van der Waals surface area contributed by atoms with E-state index < -0.39 is 5.06 Å². The molecule has 1 saturated heterocycles. The molecule has 1 fully saturated rings. The molecule has 0 bridgehead atoms. The summed E-state index contributed by atoms with van der Waals surface area (Å²) in [6.45, 7) is 1.73. The van der Waals surface area contributed by atoms with Crippen molar-refractivity contribution in [1.29, 1.82) is 0 Å². The molecule has 0 aliphatic carbocycles. The van der Waals surface area contributed by atoms with Crippen molar-refractivity contribution in [2.24, 2.45) is 0 Å². The van der Waals surface area contributed by atoms with Crippen molar-refractivity contribution in [3.63, 3.8) is 0 Å². The molecule has 3 heteroatoms. The SMILES string of the molecule is C[C@@]1(Cl)O[C@@H]1Cl. The number of hydrogen-bond donors (Lipinski definition) is 0. The van der Waals surface area contributed by atoms with Gasteiger partial charge in [0.2, 0.25) is 0 Å². The molecule has 1 heterocycles. The Balaban J connectivity index is 2.41. The lowest BCUT2D eigenvalue weighted by atomic mass is 10.6. The van der Waals surface area contributed by atoms with E-state index in [1.807, 2.05) is 0 Å². The Morgan fingerprint density at radius 1 is 1.83 bits per heavy atom. The van der Waals surface area contributed by atoms with Gasteiger partial charge in [-0.25, -0.2) is 0 Å². The topological polar surface area (TPSA) is 12.5 Å². The summed E-state index contributed by atoms with van der Waals surface area (Å²) in [5, 5.41) is -0.554. The Hall–Kier alpha value is 0.540. The minimum absolute atomic E-state index is 0.265. The molecule has 0 amide bonds. The summed E-state index contributed by atoms with van der Waals surface area (Å²) in [6, 6.07) is 0. The molecule has 0 N–H and O–H groups in total. The molecule has 1 aliphatic rings. The summed E-state index contributed by atoms with van der Waals surface area (Å²) in [4.78, 5) is 0. The highest BCUT2D eigenvalue weighted by Gasteiger charge is 2.49. The molecule has 36 valence electrons. The van der Waals surface area contributed by atoms with Crippen LogP contribution in [0.15, 0.2) is 0 Å². The summed E-state index contributed by atoms with van der Waals surface area (Å²) in [7, 11) is 0. The van der Waals surface area contributed by atoms with Gasteiger partial charge < -0.3 is 4.74 Å². The van der Waals surface area contributed by atoms with Crippen LogP contribution in [-0.2, 0) is 4.74 Å². The van der Waals surface area contributed by atoms with Crippen LogP contribution in [0.1, 0.15) is 6.92 Å². The second kappa shape index (κ2) is 1.03. The zero-order valence-electron chi connectivity index (χ0n) is 3.24. The van der Waals surface area contributed by atoms with E-state index in [0.29, 0.717) is 0 Å². The van der Waals surface area contributed by atoms with Crippen LogP contribution >= 0.6 is 23.2 Å². The smallest absolute Gasteiger partial charge is 0.181 e. The van der Waals surface area contributed by atoms with Gasteiger partial charge in [0.15, 0.2) is 10.6 Å². The Labute approximate surface area is 46.2 Å². The van der Waals surface area contributed by atoms with Gasteiger partial charge in [-0.3, -0.25) is 0 Å². The van der Waals surface area contributed by atoms with Crippen LogP contribution in [0, 0.1) is 0 Å². The zero-order valence-corrected chi connectivity index (χ0v) is 4.75. The highest BCUT2D eigenvalue weighted by molar-refractivity contribution is 6.34. The van der Waals surface area contributed by atoms with Gasteiger partial charge in [-0.05, 0) is 6.92 Å². The van der Waals surface area contributed by atoms with Gasteiger partial charge in [0.1, 0.15) is 0 Å². The minimum atomic E-state index is -0.554. The van der Waals surface area contributed by atoms with Gasteiger partial charge in [-0.15, -0.1) is 0 Å². The summed E-state index contributed by atoms with van der Waals surface area (Å²) in [6.07, 6.45) is 0. The van der Waals surface area contributed by atoms with Crippen LogP contribution in [0.2, 0.25) is 0 Å². The Bertz CT molecular complexity index is 71.2. The van der Waals surface area contributed by atoms with Crippen LogP contribution < -0.4 is 0 Å². The van der Waals surface area contributed by atoms with Crippen molar-refractivity contribution in [3.05, 3.63) is 0 Å². The summed E-state index contributed by atoms with van der Waals surface area (Å²) in [5.41, 5.74) is -0.265. The molecule has 2 atom stereocenters. The molecule has 1 rings (SSSR count). The molecule has 1 nitrogen and oxygen atoms in total. The molecule has 6 heavy (non-hydrogen) atoms. The third kappa shape index (κ3) is 0.625. The lowest BCUT2D eigenvalue weighted by Crippen LogP contribution is -1.90. The number of alkyl halides is 2. The number of ether oxygens (including phenoxy) is 1. The fourth-order valence-electron chi connectivity index (χ4n) is 0.168. The molecule has 0 spiro atoms. The molecule has 0 saturated carbocycles. The highest BCUT2D eigenvalue weighted by Crippen LogP contribution is 2.42. The van der Waals surface area contributed by atoms with E-state index in [1.54, 1.807) is 6.92 Å². The number of halogens is 2. The maximum atomic E-state index is 5.44. The van der Waals surface area contributed by atoms with E-state index in [-0.39, 0.29) is 5.56 Å². The standard InChI is InChI=1S/C3H4Cl2O/c1-3(5)2(4)6-3/h2H,1H3/t2-,3+/m0/s1. The molecule has 0 radical (unpaired) electrons. The first-order chi connectivity index (χ1) is 2.63. The van der Waals surface area contributed by atoms with Crippen LogP contribution in [0.4, 0.5) is 0 Å². The second-order valence-corrected chi connectivity index (χ2v) is 2.57. The number of epoxide rings is 1. The van der Waals surface area contributed by atoms with Gasteiger partial charge >= 0.3 is 0 Å². The lowest BCUT2D eigenvalue weighted by molar-refractivity contribution is 0.387. The normalized spacial score (nSPS) is 55.5. The average Bonchev–Trinajstić information content (AvgIpc) is 1.73.